The molecule has 0 saturated heterocycles. The fourth-order valence-electron chi connectivity index (χ4n) is 4.50. The van der Waals surface area contributed by atoms with E-state index in [0.717, 1.165) is 55.5 Å². The van der Waals surface area contributed by atoms with Gasteiger partial charge in [0.2, 0.25) is 5.78 Å². The lowest BCUT2D eigenvalue weighted by atomic mass is 10.1. The van der Waals surface area contributed by atoms with Gasteiger partial charge >= 0.3 is 0 Å². The minimum atomic E-state index is 0.687. The van der Waals surface area contributed by atoms with E-state index in [1.165, 1.54) is 0 Å². The molecule has 0 aliphatic heterocycles. The average molecular weight is 408 g/mol. The van der Waals surface area contributed by atoms with Gasteiger partial charge in [-0.3, -0.25) is 8.97 Å². The Morgan fingerprint density at radius 3 is 2.50 bits per heavy atom. The second-order valence-corrected chi connectivity index (χ2v) is 7.86. The Bertz CT molecular complexity index is 1770. The monoisotopic (exact) mass is 407 g/mol. The zero-order valence-electron chi connectivity index (χ0n) is 15.7. The molecule has 0 aliphatic rings. The second kappa shape index (κ2) is 5.65. The number of aromatic nitrogens is 3. The molecule has 7 rings (SSSR count). The van der Waals surface area contributed by atoms with E-state index in [1.54, 1.807) is 0 Å². The van der Waals surface area contributed by atoms with Gasteiger partial charge in [0, 0.05) is 16.8 Å². The predicted molar refractivity (Wildman–Crippen MR) is 122 cm³/mol. The van der Waals surface area contributed by atoms with Crippen LogP contribution in [0.25, 0.3) is 55.5 Å². The molecule has 4 aromatic carbocycles. The minimum absolute atomic E-state index is 0.687. The van der Waals surface area contributed by atoms with Crippen molar-refractivity contribution in [3.63, 3.8) is 0 Å². The third-order valence-electron chi connectivity index (χ3n) is 5.79. The summed E-state index contributed by atoms with van der Waals surface area (Å²) in [4.78, 5) is 4.93. The zero-order chi connectivity index (χ0) is 19.8. The maximum atomic E-state index is 6.69. The molecule has 30 heavy (non-hydrogen) atoms. The van der Waals surface area contributed by atoms with Crippen LogP contribution in [-0.2, 0) is 0 Å². The average Bonchev–Trinajstić information content (AvgIpc) is 3.42. The highest BCUT2D eigenvalue weighted by atomic mass is 35.5. The molecule has 0 bridgehead atoms. The standard InChI is InChI=1S/C25H14ClN3O/c26-18-7-5-10-21-24(18)28(25-27-19-8-2-3-9-20(19)29(21)25)15-12-13-17-16-6-1-4-11-22(16)30-23(17)14-15/h1-14H. The highest BCUT2D eigenvalue weighted by Gasteiger charge is 2.19. The molecule has 0 atom stereocenters. The van der Waals surface area contributed by atoms with E-state index >= 15 is 0 Å². The van der Waals surface area contributed by atoms with Crippen LogP contribution < -0.4 is 0 Å². The van der Waals surface area contributed by atoms with Gasteiger partial charge < -0.3 is 4.42 Å². The molecular formula is C25H14ClN3O. The summed E-state index contributed by atoms with van der Waals surface area (Å²) in [6, 6.07) is 28.5. The van der Waals surface area contributed by atoms with E-state index < -0.39 is 0 Å². The van der Waals surface area contributed by atoms with Crippen molar-refractivity contribution in [2.75, 3.05) is 0 Å². The van der Waals surface area contributed by atoms with Crippen LogP contribution in [0.4, 0.5) is 0 Å². The van der Waals surface area contributed by atoms with Gasteiger partial charge in [0.05, 0.1) is 32.8 Å². The fourth-order valence-corrected chi connectivity index (χ4v) is 4.76. The van der Waals surface area contributed by atoms with Crippen LogP contribution in [0.2, 0.25) is 5.02 Å². The Morgan fingerprint density at radius 2 is 1.53 bits per heavy atom. The number of para-hydroxylation sites is 4. The Balaban J connectivity index is 1.65. The molecule has 0 aliphatic carbocycles. The minimum Gasteiger partial charge on any atom is -0.456 e. The molecule has 5 heteroatoms. The summed E-state index contributed by atoms with van der Waals surface area (Å²) in [5.74, 6) is 0.828. The molecule has 0 saturated carbocycles. The maximum Gasteiger partial charge on any atom is 0.220 e. The first kappa shape index (κ1) is 16.1. The molecule has 142 valence electrons. The Hall–Kier alpha value is -3.76. The van der Waals surface area contributed by atoms with Gasteiger partial charge in [-0.05, 0) is 42.5 Å². The fraction of sp³-hybridized carbons (Fsp3) is 0. The zero-order valence-corrected chi connectivity index (χ0v) is 16.5. The van der Waals surface area contributed by atoms with Gasteiger partial charge in [-0.2, -0.15) is 0 Å². The smallest absolute Gasteiger partial charge is 0.220 e. The number of benzene rings is 4. The topological polar surface area (TPSA) is 35.4 Å². The summed E-state index contributed by atoms with van der Waals surface area (Å²) < 4.78 is 10.4. The van der Waals surface area contributed by atoms with E-state index in [2.05, 4.69) is 45.4 Å². The third-order valence-corrected chi connectivity index (χ3v) is 6.10. The van der Waals surface area contributed by atoms with E-state index in [4.69, 9.17) is 21.0 Å². The van der Waals surface area contributed by atoms with E-state index in [9.17, 15) is 0 Å². The number of furan rings is 1. The second-order valence-electron chi connectivity index (χ2n) is 7.46. The number of halogens is 1. The van der Waals surface area contributed by atoms with Crippen molar-refractivity contribution in [3.05, 3.63) is 90.0 Å². The van der Waals surface area contributed by atoms with Gasteiger partial charge in [-0.25, -0.2) is 4.98 Å². The number of hydrogen-bond donors (Lipinski definition) is 0. The lowest BCUT2D eigenvalue weighted by Crippen LogP contribution is -1.95. The van der Waals surface area contributed by atoms with Crippen LogP contribution >= 0.6 is 11.6 Å². The normalized spacial score (nSPS) is 12.2. The van der Waals surface area contributed by atoms with Gasteiger partial charge in [-0.1, -0.05) is 48.0 Å². The summed E-state index contributed by atoms with van der Waals surface area (Å²) in [5, 5.41) is 2.90. The first-order valence-electron chi connectivity index (χ1n) is 9.77. The van der Waals surface area contributed by atoms with Gasteiger partial charge in [-0.15, -0.1) is 0 Å². The SMILES string of the molecule is Clc1cccc2c1n(-c1ccc3c(c1)oc1ccccc13)c1nc3ccccc3n21. The van der Waals surface area contributed by atoms with Crippen molar-refractivity contribution in [1.29, 1.82) is 0 Å². The molecule has 4 nitrogen and oxygen atoms in total. The third kappa shape index (κ3) is 1.98. The highest BCUT2D eigenvalue weighted by Crippen LogP contribution is 2.35. The van der Waals surface area contributed by atoms with E-state index in [0.29, 0.717) is 5.02 Å². The van der Waals surface area contributed by atoms with Crippen LogP contribution in [0, 0.1) is 0 Å². The summed E-state index contributed by atoms with van der Waals surface area (Å²) in [7, 11) is 0. The molecule has 0 radical (unpaired) electrons. The lowest BCUT2D eigenvalue weighted by Gasteiger charge is -2.06. The van der Waals surface area contributed by atoms with Gasteiger partial charge in [0.25, 0.3) is 0 Å². The largest absolute Gasteiger partial charge is 0.456 e. The number of hydrogen-bond acceptors (Lipinski definition) is 2. The van der Waals surface area contributed by atoms with Gasteiger partial charge in [0.15, 0.2) is 0 Å². The molecular weight excluding hydrogens is 394 g/mol. The van der Waals surface area contributed by atoms with Crippen molar-refractivity contribution in [1.82, 2.24) is 14.0 Å². The Morgan fingerprint density at radius 1 is 0.733 bits per heavy atom. The Labute approximate surface area is 175 Å². The van der Waals surface area contributed by atoms with Gasteiger partial charge in [0.1, 0.15) is 11.2 Å². The molecule has 3 heterocycles. The van der Waals surface area contributed by atoms with Crippen molar-refractivity contribution >= 4 is 61.4 Å². The van der Waals surface area contributed by atoms with Crippen LogP contribution in [0.3, 0.4) is 0 Å². The van der Waals surface area contributed by atoms with Crippen molar-refractivity contribution in [3.8, 4) is 5.69 Å². The van der Waals surface area contributed by atoms with Crippen LogP contribution in [0.1, 0.15) is 0 Å². The van der Waals surface area contributed by atoms with E-state index in [1.807, 2.05) is 48.5 Å². The molecule has 0 spiro atoms. The number of rotatable bonds is 1. The van der Waals surface area contributed by atoms with E-state index in [-0.39, 0.29) is 0 Å². The maximum absolute atomic E-state index is 6.69. The molecule has 3 aromatic heterocycles. The Kier molecular flexibility index (Phi) is 3.03. The molecule has 0 N–H and O–H groups in total. The first-order valence-corrected chi connectivity index (χ1v) is 10.2. The van der Waals surface area contributed by atoms with Crippen LogP contribution in [-0.4, -0.2) is 14.0 Å². The quantitative estimate of drug-likeness (QED) is 0.294. The lowest BCUT2D eigenvalue weighted by molar-refractivity contribution is 0.668. The first-order chi connectivity index (χ1) is 14.8. The molecule has 0 fully saturated rings. The number of fused-ring (bicyclic) bond motifs is 8. The molecule has 7 aromatic rings. The van der Waals surface area contributed by atoms with Crippen molar-refractivity contribution in [2.45, 2.75) is 0 Å². The number of imidazole rings is 2. The molecule has 0 amide bonds. The van der Waals surface area contributed by atoms with Crippen molar-refractivity contribution in [2.24, 2.45) is 0 Å². The predicted octanol–water partition coefficient (Wildman–Crippen LogP) is 6.98. The van der Waals surface area contributed by atoms with Crippen LogP contribution in [0.15, 0.2) is 89.3 Å². The summed E-state index contributed by atoms with van der Waals surface area (Å²) in [6.07, 6.45) is 0. The summed E-state index contributed by atoms with van der Waals surface area (Å²) >= 11 is 6.69. The molecule has 0 unspecified atom stereocenters. The van der Waals surface area contributed by atoms with Crippen molar-refractivity contribution < 1.29 is 4.42 Å². The number of nitrogens with zero attached hydrogens (tertiary/aromatic N) is 3. The summed E-state index contributed by atoms with van der Waals surface area (Å²) in [5.41, 5.74) is 6.66. The summed E-state index contributed by atoms with van der Waals surface area (Å²) in [6.45, 7) is 0. The van der Waals surface area contributed by atoms with Crippen LogP contribution in [0.5, 0.6) is 0 Å². The highest BCUT2D eigenvalue weighted by molar-refractivity contribution is 6.35.